The lowest BCUT2D eigenvalue weighted by Crippen LogP contribution is -2.42. The average Bonchev–Trinajstić information content (AvgIpc) is 3.26. The number of aryl methyl sites for hydroxylation is 1. The number of quaternary nitrogens is 1. The Morgan fingerprint density at radius 1 is 1.03 bits per heavy atom. The number of nitrogens with two attached hydrogens (primary N) is 1. The Labute approximate surface area is 213 Å². The number of fused-ring (bicyclic) bond motifs is 3. The molecule has 36 heavy (non-hydrogen) atoms. The highest BCUT2D eigenvalue weighted by atomic mass is 16.5. The number of nitrogen functional groups attached to an aromatic ring is 1. The van der Waals surface area contributed by atoms with Crippen molar-refractivity contribution in [1.82, 2.24) is 14.5 Å². The molecule has 4 rings (SSSR count). The van der Waals surface area contributed by atoms with E-state index >= 15 is 0 Å². The van der Waals surface area contributed by atoms with Crippen LogP contribution in [-0.2, 0) is 24.2 Å². The number of benzene rings is 2. The first kappa shape index (κ1) is 25.6. The first-order valence-corrected chi connectivity index (χ1v) is 12.9. The number of aromatic nitrogens is 3. The molecule has 4 aromatic rings. The molecule has 0 bridgehead atoms. The van der Waals surface area contributed by atoms with E-state index in [0.29, 0.717) is 23.4 Å². The maximum Gasteiger partial charge on any atom is 0.337 e. The highest BCUT2D eigenvalue weighted by molar-refractivity contribution is 6.08. The Balaban J connectivity index is 1.79. The number of unbranched alkanes of at least 4 members (excludes halogenated alkanes) is 1. The summed E-state index contributed by atoms with van der Waals surface area (Å²) in [6.45, 7) is 10.6. The minimum atomic E-state index is -0.393. The van der Waals surface area contributed by atoms with Crippen LogP contribution in [0.1, 0.15) is 60.9 Å². The molecule has 0 aliphatic heterocycles. The number of hydrogen-bond donors (Lipinski definition) is 1. The van der Waals surface area contributed by atoms with E-state index in [1.807, 2.05) is 6.07 Å². The lowest BCUT2D eigenvalue weighted by Gasteiger charge is -2.32. The van der Waals surface area contributed by atoms with Gasteiger partial charge in [-0.05, 0) is 44.0 Å². The summed E-state index contributed by atoms with van der Waals surface area (Å²) in [5.74, 6) is 0.994. The van der Waals surface area contributed by atoms with Gasteiger partial charge in [-0.3, -0.25) is 0 Å². The van der Waals surface area contributed by atoms with Crippen molar-refractivity contribution in [3.63, 3.8) is 0 Å². The normalized spacial score (nSPS) is 11.9. The molecule has 0 spiro atoms. The first-order chi connectivity index (χ1) is 17.3. The summed E-state index contributed by atoms with van der Waals surface area (Å²) in [7, 11) is 3.68. The van der Waals surface area contributed by atoms with E-state index in [-0.39, 0.29) is 0 Å². The van der Waals surface area contributed by atoms with E-state index in [2.05, 4.69) is 61.6 Å². The number of anilines is 1. The molecular weight excluding hydrogens is 450 g/mol. The van der Waals surface area contributed by atoms with Crippen LogP contribution >= 0.6 is 0 Å². The van der Waals surface area contributed by atoms with Crippen LogP contribution in [0, 0.1) is 0 Å². The highest BCUT2D eigenvalue weighted by Crippen LogP contribution is 2.31. The number of rotatable bonds is 10. The molecule has 2 aromatic carbocycles. The summed E-state index contributed by atoms with van der Waals surface area (Å²) in [5.41, 5.74) is 11.7. The second-order valence-corrected chi connectivity index (χ2v) is 9.86. The van der Waals surface area contributed by atoms with Crippen molar-refractivity contribution in [2.45, 2.75) is 53.1 Å². The van der Waals surface area contributed by atoms with Crippen molar-refractivity contribution in [2.24, 2.45) is 0 Å². The van der Waals surface area contributed by atoms with Crippen LogP contribution in [-0.4, -0.2) is 52.2 Å². The maximum absolute atomic E-state index is 12.1. The molecule has 7 heteroatoms. The molecule has 0 amide bonds. The van der Waals surface area contributed by atoms with E-state index in [9.17, 15) is 4.79 Å². The van der Waals surface area contributed by atoms with Gasteiger partial charge in [0.05, 0.1) is 43.8 Å². The van der Waals surface area contributed by atoms with Crippen molar-refractivity contribution in [1.29, 1.82) is 0 Å². The second kappa shape index (κ2) is 10.7. The van der Waals surface area contributed by atoms with Crippen molar-refractivity contribution in [2.75, 3.05) is 33.0 Å². The van der Waals surface area contributed by atoms with E-state index in [1.165, 1.54) is 18.2 Å². The standard InChI is InChI=1S/C29H38N5O2/c1-6-9-10-25-32-26-27(23-16-15-22(29(35)36-5)17-24(23)31-28(26)30)33(25)18-20-11-13-21(14-12-20)19-34(4,7-2)8-3/h11-17H,6-10,18-19H2,1-5H3,(H2,30,31)/q+1. The highest BCUT2D eigenvalue weighted by Gasteiger charge is 2.20. The Morgan fingerprint density at radius 2 is 1.72 bits per heavy atom. The molecule has 0 radical (unpaired) electrons. The summed E-state index contributed by atoms with van der Waals surface area (Å²) in [5, 5.41) is 0.928. The first-order valence-electron chi connectivity index (χ1n) is 12.9. The smallest absolute Gasteiger partial charge is 0.337 e. The number of ether oxygens (including phenoxy) is 1. The molecule has 0 unspecified atom stereocenters. The molecule has 0 saturated carbocycles. The van der Waals surface area contributed by atoms with E-state index in [4.69, 9.17) is 15.5 Å². The van der Waals surface area contributed by atoms with Crippen LogP contribution < -0.4 is 5.73 Å². The SMILES string of the molecule is CCCCc1nc2c(N)nc3cc(C(=O)OC)ccc3c2n1Cc1ccc(C[N+](C)(CC)CC)cc1. The second-order valence-electron chi connectivity index (χ2n) is 9.86. The van der Waals surface area contributed by atoms with Crippen LogP contribution in [0.2, 0.25) is 0 Å². The van der Waals surface area contributed by atoms with Gasteiger partial charge in [-0.2, -0.15) is 0 Å². The molecule has 0 saturated heterocycles. The molecule has 2 N–H and O–H groups in total. The maximum atomic E-state index is 12.1. The Kier molecular flexibility index (Phi) is 7.59. The molecular formula is C29H38N5O2+. The van der Waals surface area contributed by atoms with Crippen LogP contribution in [0.5, 0.6) is 0 Å². The van der Waals surface area contributed by atoms with Crippen molar-refractivity contribution >= 4 is 33.7 Å². The van der Waals surface area contributed by atoms with Gasteiger partial charge in [-0.1, -0.05) is 37.6 Å². The zero-order chi connectivity index (χ0) is 25.9. The summed E-state index contributed by atoms with van der Waals surface area (Å²) >= 11 is 0. The largest absolute Gasteiger partial charge is 0.465 e. The number of imidazole rings is 1. The fraction of sp³-hybridized carbons (Fsp3) is 0.414. The van der Waals surface area contributed by atoms with Gasteiger partial charge in [0.1, 0.15) is 17.9 Å². The van der Waals surface area contributed by atoms with Gasteiger partial charge < -0.3 is 19.5 Å². The van der Waals surface area contributed by atoms with Crippen molar-refractivity contribution in [3.05, 3.63) is 65.0 Å². The van der Waals surface area contributed by atoms with Gasteiger partial charge >= 0.3 is 5.97 Å². The zero-order valence-corrected chi connectivity index (χ0v) is 22.2. The summed E-state index contributed by atoms with van der Waals surface area (Å²) < 4.78 is 8.19. The predicted molar refractivity (Wildman–Crippen MR) is 146 cm³/mol. The molecule has 0 atom stereocenters. The third kappa shape index (κ3) is 5.07. The van der Waals surface area contributed by atoms with Crippen LogP contribution in [0.25, 0.3) is 21.9 Å². The minimum absolute atomic E-state index is 0.377. The number of carbonyl (C=O) groups excluding carboxylic acids is 1. The molecule has 0 fully saturated rings. The van der Waals surface area contributed by atoms with Crippen LogP contribution in [0.4, 0.5) is 5.82 Å². The van der Waals surface area contributed by atoms with E-state index in [0.717, 1.165) is 65.6 Å². The third-order valence-corrected chi connectivity index (χ3v) is 7.41. The van der Waals surface area contributed by atoms with Crippen molar-refractivity contribution in [3.8, 4) is 0 Å². The molecule has 0 aliphatic carbocycles. The zero-order valence-electron chi connectivity index (χ0n) is 22.2. The molecule has 0 aliphatic rings. The lowest BCUT2D eigenvalue weighted by molar-refractivity contribution is -0.919. The summed E-state index contributed by atoms with van der Waals surface area (Å²) in [6.07, 6.45) is 3.00. The molecule has 2 heterocycles. The van der Waals surface area contributed by atoms with Crippen LogP contribution in [0.15, 0.2) is 42.5 Å². The quantitative estimate of drug-likeness (QED) is 0.241. The fourth-order valence-electron chi connectivity index (χ4n) is 4.72. The van der Waals surface area contributed by atoms with Gasteiger partial charge in [0, 0.05) is 23.9 Å². The summed E-state index contributed by atoms with van der Waals surface area (Å²) in [6, 6.07) is 14.4. The number of pyridine rings is 1. The predicted octanol–water partition coefficient (Wildman–Crippen LogP) is 5.33. The van der Waals surface area contributed by atoms with Crippen LogP contribution in [0.3, 0.4) is 0 Å². The Bertz CT molecular complexity index is 1370. The molecule has 7 nitrogen and oxygen atoms in total. The Hall–Kier alpha value is -3.45. The average molecular weight is 489 g/mol. The number of methoxy groups -OCH3 is 1. The van der Waals surface area contributed by atoms with Gasteiger partial charge in [0.2, 0.25) is 0 Å². The Morgan fingerprint density at radius 3 is 2.36 bits per heavy atom. The van der Waals surface area contributed by atoms with Gasteiger partial charge in [-0.15, -0.1) is 0 Å². The van der Waals surface area contributed by atoms with E-state index in [1.54, 1.807) is 12.1 Å². The monoisotopic (exact) mass is 488 g/mol. The van der Waals surface area contributed by atoms with Gasteiger partial charge in [0.15, 0.2) is 5.82 Å². The van der Waals surface area contributed by atoms with E-state index < -0.39 is 5.97 Å². The topological polar surface area (TPSA) is 83.0 Å². The summed E-state index contributed by atoms with van der Waals surface area (Å²) in [4.78, 5) is 21.6. The minimum Gasteiger partial charge on any atom is -0.465 e. The van der Waals surface area contributed by atoms with Crippen molar-refractivity contribution < 1.29 is 14.0 Å². The number of esters is 1. The number of hydrogen-bond acceptors (Lipinski definition) is 5. The van der Waals surface area contributed by atoms with Gasteiger partial charge in [0.25, 0.3) is 0 Å². The number of carbonyl (C=O) groups is 1. The number of nitrogens with zero attached hydrogens (tertiary/aromatic N) is 4. The third-order valence-electron chi connectivity index (χ3n) is 7.41. The fourth-order valence-corrected chi connectivity index (χ4v) is 4.72. The van der Waals surface area contributed by atoms with Gasteiger partial charge in [-0.25, -0.2) is 14.8 Å². The molecule has 190 valence electrons. The lowest BCUT2D eigenvalue weighted by atomic mass is 10.1. The molecule has 2 aromatic heterocycles.